The van der Waals surface area contributed by atoms with Crippen LogP contribution in [0.25, 0.3) is 0 Å². The summed E-state index contributed by atoms with van der Waals surface area (Å²) in [5.41, 5.74) is 0. The Labute approximate surface area is 93.9 Å². The zero-order valence-corrected chi connectivity index (χ0v) is 10.4. The van der Waals surface area contributed by atoms with E-state index in [0.717, 1.165) is 38.8 Å². The molecule has 3 heteroatoms. The maximum absolute atomic E-state index is 9.38. The van der Waals surface area contributed by atoms with Crippen LogP contribution >= 0.6 is 0 Å². The number of aliphatic hydroxyl groups excluding tert-OH is 1. The van der Waals surface area contributed by atoms with Gasteiger partial charge in [0.2, 0.25) is 0 Å². The lowest BCUT2D eigenvalue weighted by molar-refractivity contribution is 0.116. The fraction of sp³-hybridized carbons (Fsp3) is 1.00. The lowest BCUT2D eigenvalue weighted by Crippen LogP contribution is -2.40. The summed E-state index contributed by atoms with van der Waals surface area (Å²) in [6, 6.07) is 1.26. The van der Waals surface area contributed by atoms with Crippen molar-refractivity contribution in [3.63, 3.8) is 0 Å². The fourth-order valence-corrected chi connectivity index (χ4v) is 1.98. The Morgan fingerprint density at radius 2 is 1.87 bits per heavy atom. The molecule has 15 heavy (non-hydrogen) atoms. The molecule has 1 aliphatic carbocycles. The predicted octanol–water partition coefficient (Wildman–Crippen LogP) is 1.22. The van der Waals surface area contributed by atoms with Gasteiger partial charge in [-0.15, -0.1) is 0 Å². The van der Waals surface area contributed by atoms with E-state index >= 15 is 0 Å². The summed E-state index contributed by atoms with van der Waals surface area (Å²) in [6.07, 6.45) is 4.16. The van der Waals surface area contributed by atoms with Crippen LogP contribution in [0.5, 0.6) is 0 Å². The summed E-state index contributed by atoms with van der Waals surface area (Å²) in [5.74, 6) is 0. The van der Waals surface area contributed by atoms with E-state index in [4.69, 9.17) is 0 Å². The molecule has 0 saturated heterocycles. The summed E-state index contributed by atoms with van der Waals surface area (Å²) in [6.45, 7) is 6.61. The van der Waals surface area contributed by atoms with Crippen molar-refractivity contribution in [2.45, 2.75) is 57.7 Å². The molecule has 0 aliphatic heterocycles. The Kier molecular flexibility index (Phi) is 5.58. The highest BCUT2D eigenvalue weighted by molar-refractivity contribution is 4.76. The van der Waals surface area contributed by atoms with Crippen molar-refractivity contribution in [3.8, 4) is 0 Å². The molecular weight excluding hydrogens is 188 g/mol. The smallest absolute Gasteiger partial charge is 0.0541 e. The number of rotatable bonds is 5. The SMILES string of the molecule is CC(C)N(C)CCNC1CCC(O)CC1. The average molecular weight is 214 g/mol. The molecule has 90 valence electrons. The van der Waals surface area contributed by atoms with Gasteiger partial charge in [-0.25, -0.2) is 0 Å². The maximum atomic E-state index is 9.38. The second-order valence-electron chi connectivity index (χ2n) is 5.03. The molecule has 0 amide bonds. The molecule has 1 aliphatic rings. The standard InChI is InChI=1S/C12H26N2O/c1-10(2)14(3)9-8-13-11-4-6-12(15)7-5-11/h10-13,15H,4-9H2,1-3H3. The third kappa shape index (κ3) is 4.96. The number of nitrogens with zero attached hydrogens (tertiary/aromatic N) is 1. The highest BCUT2D eigenvalue weighted by atomic mass is 16.3. The summed E-state index contributed by atoms with van der Waals surface area (Å²) in [4.78, 5) is 2.35. The molecule has 0 spiro atoms. The van der Waals surface area contributed by atoms with Crippen LogP contribution in [0.1, 0.15) is 39.5 Å². The van der Waals surface area contributed by atoms with Gasteiger partial charge in [0.25, 0.3) is 0 Å². The number of aliphatic hydroxyl groups is 1. The minimum atomic E-state index is -0.0404. The van der Waals surface area contributed by atoms with Crippen LogP contribution in [0.3, 0.4) is 0 Å². The van der Waals surface area contributed by atoms with Gasteiger partial charge in [0, 0.05) is 25.2 Å². The Hall–Kier alpha value is -0.120. The van der Waals surface area contributed by atoms with Crippen molar-refractivity contribution in [2.75, 3.05) is 20.1 Å². The summed E-state index contributed by atoms with van der Waals surface area (Å²) < 4.78 is 0. The maximum Gasteiger partial charge on any atom is 0.0541 e. The molecule has 1 saturated carbocycles. The Morgan fingerprint density at radius 3 is 2.40 bits per heavy atom. The van der Waals surface area contributed by atoms with Crippen LogP contribution in [-0.2, 0) is 0 Å². The van der Waals surface area contributed by atoms with Crippen molar-refractivity contribution in [1.29, 1.82) is 0 Å². The summed E-state index contributed by atoms with van der Waals surface area (Å²) in [7, 11) is 2.16. The highest BCUT2D eigenvalue weighted by Gasteiger charge is 2.18. The molecule has 0 bridgehead atoms. The topological polar surface area (TPSA) is 35.5 Å². The van der Waals surface area contributed by atoms with E-state index < -0.39 is 0 Å². The molecule has 2 N–H and O–H groups in total. The second kappa shape index (κ2) is 6.46. The Bertz CT molecular complexity index is 165. The molecule has 0 atom stereocenters. The molecular formula is C12H26N2O. The van der Waals surface area contributed by atoms with Crippen LogP contribution < -0.4 is 5.32 Å². The van der Waals surface area contributed by atoms with E-state index in [0.29, 0.717) is 12.1 Å². The predicted molar refractivity (Wildman–Crippen MR) is 64.0 cm³/mol. The Balaban J connectivity index is 2.05. The van der Waals surface area contributed by atoms with E-state index in [1.54, 1.807) is 0 Å². The van der Waals surface area contributed by atoms with Crippen molar-refractivity contribution in [3.05, 3.63) is 0 Å². The largest absolute Gasteiger partial charge is 0.393 e. The van der Waals surface area contributed by atoms with Crippen molar-refractivity contribution in [2.24, 2.45) is 0 Å². The normalized spacial score (nSPS) is 27.6. The zero-order valence-electron chi connectivity index (χ0n) is 10.4. The first kappa shape index (κ1) is 12.9. The average Bonchev–Trinajstić information content (AvgIpc) is 2.20. The van der Waals surface area contributed by atoms with Gasteiger partial charge in [0.15, 0.2) is 0 Å². The van der Waals surface area contributed by atoms with Gasteiger partial charge in [0.05, 0.1) is 6.10 Å². The molecule has 3 nitrogen and oxygen atoms in total. The van der Waals surface area contributed by atoms with Gasteiger partial charge in [-0.2, -0.15) is 0 Å². The van der Waals surface area contributed by atoms with Gasteiger partial charge in [-0.05, 0) is 46.6 Å². The molecule has 0 aromatic rings. The monoisotopic (exact) mass is 214 g/mol. The van der Waals surface area contributed by atoms with Gasteiger partial charge in [-0.1, -0.05) is 0 Å². The van der Waals surface area contributed by atoms with Gasteiger partial charge in [-0.3, -0.25) is 0 Å². The van der Waals surface area contributed by atoms with Crippen LogP contribution in [-0.4, -0.2) is 48.3 Å². The lowest BCUT2D eigenvalue weighted by Gasteiger charge is -2.28. The molecule has 1 fully saturated rings. The first-order chi connectivity index (χ1) is 7.09. The van der Waals surface area contributed by atoms with E-state index in [1.807, 2.05) is 0 Å². The molecule has 0 heterocycles. The van der Waals surface area contributed by atoms with Gasteiger partial charge >= 0.3 is 0 Å². The summed E-state index contributed by atoms with van der Waals surface area (Å²) >= 11 is 0. The second-order valence-corrected chi connectivity index (χ2v) is 5.03. The highest BCUT2D eigenvalue weighted by Crippen LogP contribution is 2.17. The number of likely N-dealkylation sites (N-methyl/N-ethyl adjacent to an activating group) is 1. The molecule has 0 aromatic heterocycles. The zero-order chi connectivity index (χ0) is 11.3. The van der Waals surface area contributed by atoms with Crippen molar-refractivity contribution < 1.29 is 5.11 Å². The van der Waals surface area contributed by atoms with E-state index in [9.17, 15) is 5.11 Å². The van der Waals surface area contributed by atoms with Gasteiger partial charge < -0.3 is 15.3 Å². The number of hydrogen-bond donors (Lipinski definition) is 2. The minimum Gasteiger partial charge on any atom is -0.393 e. The third-order valence-electron chi connectivity index (χ3n) is 3.48. The first-order valence-electron chi connectivity index (χ1n) is 6.21. The Morgan fingerprint density at radius 1 is 1.27 bits per heavy atom. The quantitative estimate of drug-likeness (QED) is 0.722. The molecule has 0 radical (unpaired) electrons. The lowest BCUT2D eigenvalue weighted by atomic mass is 9.93. The van der Waals surface area contributed by atoms with E-state index in [-0.39, 0.29) is 6.10 Å². The fourth-order valence-electron chi connectivity index (χ4n) is 1.98. The van der Waals surface area contributed by atoms with E-state index in [2.05, 4.69) is 31.1 Å². The summed E-state index contributed by atoms with van der Waals surface area (Å²) in [5, 5.41) is 13.0. The first-order valence-corrected chi connectivity index (χ1v) is 6.21. The van der Waals surface area contributed by atoms with Crippen LogP contribution in [0.4, 0.5) is 0 Å². The molecule has 0 aromatic carbocycles. The minimum absolute atomic E-state index is 0.0404. The number of nitrogens with one attached hydrogen (secondary N) is 1. The third-order valence-corrected chi connectivity index (χ3v) is 3.48. The van der Waals surface area contributed by atoms with Crippen LogP contribution in [0, 0.1) is 0 Å². The molecule has 1 rings (SSSR count). The van der Waals surface area contributed by atoms with Crippen LogP contribution in [0.2, 0.25) is 0 Å². The van der Waals surface area contributed by atoms with E-state index in [1.165, 1.54) is 0 Å². The van der Waals surface area contributed by atoms with Gasteiger partial charge in [0.1, 0.15) is 0 Å². The van der Waals surface area contributed by atoms with Crippen LogP contribution in [0.15, 0.2) is 0 Å². The van der Waals surface area contributed by atoms with Crippen molar-refractivity contribution in [1.82, 2.24) is 10.2 Å². The number of hydrogen-bond acceptors (Lipinski definition) is 3. The van der Waals surface area contributed by atoms with Crippen molar-refractivity contribution >= 4 is 0 Å². The molecule has 0 unspecified atom stereocenters.